The number of hydrogen-bond donors (Lipinski definition) is 1. The van der Waals surface area contributed by atoms with Gasteiger partial charge in [0.25, 0.3) is 0 Å². The molecule has 1 amide bonds. The number of carboxylic acids is 1. The highest BCUT2D eigenvalue weighted by Crippen LogP contribution is 2.35. The summed E-state index contributed by atoms with van der Waals surface area (Å²) in [5.41, 5.74) is 4.85. The zero-order valence-electron chi connectivity index (χ0n) is 13.5. The van der Waals surface area contributed by atoms with Crippen LogP contribution in [0, 0.1) is 25.7 Å². The Morgan fingerprint density at radius 1 is 1.00 bits per heavy atom. The first-order valence-electron chi connectivity index (χ1n) is 7.54. The van der Waals surface area contributed by atoms with Crippen molar-refractivity contribution in [2.75, 3.05) is 5.32 Å². The minimum atomic E-state index is -1.14. The maximum Gasteiger partial charge on any atom is 0.228 e. The molecule has 0 heterocycles. The third-order valence-electron chi connectivity index (χ3n) is 4.64. The fourth-order valence-electron chi connectivity index (χ4n) is 3.04. The SMILES string of the molecule is CC1=C(C)C[C@H](C(=O)Nc2c(C)cccc2C)[C@@H](C(=O)[O-])C1. The highest BCUT2D eigenvalue weighted by molar-refractivity contribution is 5.96. The molecular formula is C18H22NO3-. The lowest BCUT2D eigenvalue weighted by atomic mass is 9.76. The number of para-hydroxylation sites is 1. The number of anilines is 1. The Balaban J connectivity index is 2.26. The summed E-state index contributed by atoms with van der Waals surface area (Å²) in [7, 11) is 0. The molecule has 118 valence electrons. The van der Waals surface area contributed by atoms with Gasteiger partial charge in [-0.25, -0.2) is 0 Å². The van der Waals surface area contributed by atoms with E-state index in [1.807, 2.05) is 45.9 Å². The molecule has 4 heteroatoms. The van der Waals surface area contributed by atoms with Gasteiger partial charge in [-0.15, -0.1) is 0 Å². The van der Waals surface area contributed by atoms with Crippen LogP contribution in [0.5, 0.6) is 0 Å². The zero-order valence-corrected chi connectivity index (χ0v) is 13.5. The van der Waals surface area contributed by atoms with Gasteiger partial charge in [-0.2, -0.15) is 0 Å². The van der Waals surface area contributed by atoms with Crippen molar-refractivity contribution >= 4 is 17.6 Å². The minimum absolute atomic E-state index is 0.238. The standard InChI is InChI=1S/C18H23NO3/c1-10-6-5-7-11(2)16(10)19-17(20)14-8-12(3)13(4)9-15(14)18(21)22/h5-7,14-15H,8-9H2,1-4H3,(H,19,20)(H,21,22)/p-1/t14-,15-/m0/s1. The molecule has 2 rings (SSSR count). The first-order valence-corrected chi connectivity index (χ1v) is 7.54. The normalized spacial score (nSPS) is 21.6. The Hall–Kier alpha value is -2.10. The van der Waals surface area contributed by atoms with Gasteiger partial charge in [0.1, 0.15) is 0 Å². The quantitative estimate of drug-likeness (QED) is 0.871. The summed E-state index contributed by atoms with van der Waals surface area (Å²) in [6.07, 6.45) is 0.861. The smallest absolute Gasteiger partial charge is 0.228 e. The summed E-state index contributed by atoms with van der Waals surface area (Å²) < 4.78 is 0. The fraction of sp³-hybridized carbons (Fsp3) is 0.444. The molecule has 0 aromatic heterocycles. The van der Waals surface area contributed by atoms with Crippen LogP contribution in [0.25, 0.3) is 0 Å². The van der Waals surface area contributed by atoms with Crippen LogP contribution >= 0.6 is 0 Å². The van der Waals surface area contributed by atoms with Crippen LogP contribution in [-0.4, -0.2) is 11.9 Å². The molecular weight excluding hydrogens is 278 g/mol. The number of hydrogen-bond acceptors (Lipinski definition) is 3. The van der Waals surface area contributed by atoms with E-state index in [9.17, 15) is 14.7 Å². The molecule has 0 saturated heterocycles. The largest absolute Gasteiger partial charge is 0.550 e. The summed E-state index contributed by atoms with van der Waals surface area (Å²) in [4.78, 5) is 24.0. The van der Waals surface area contributed by atoms with Gasteiger partial charge < -0.3 is 15.2 Å². The molecule has 0 spiro atoms. The van der Waals surface area contributed by atoms with Crippen molar-refractivity contribution in [3.63, 3.8) is 0 Å². The average Bonchev–Trinajstić information content (AvgIpc) is 2.45. The van der Waals surface area contributed by atoms with E-state index in [4.69, 9.17) is 0 Å². The third-order valence-corrected chi connectivity index (χ3v) is 4.64. The number of carbonyl (C=O) groups excluding carboxylic acids is 2. The number of allylic oxidation sites excluding steroid dienone is 2. The van der Waals surface area contributed by atoms with Gasteiger partial charge in [-0.05, 0) is 51.7 Å². The van der Waals surface area contributed by atoms with Crippen molar-refractivity contribution < 1.29 is 14.7 Å². The number of nitrogens with one attached hydrogen (secondary N) is 1. The van der Waals surface area contributed by atoms with E-state index in [1.54, 1.807) is 0 Å². The highest BCUT2D eigenvalue weighted by atomic mass is 16.4. The molecule has 1 aromatic carbocycles. The molecule has 1 N–H and O–H groups in total. The van der Waals surface area contributed by atoms with E-state index in [0.29, 0.717) is 12.8 Å². The van der Waals surface area contributed by atoms with Crippen LogP contribution in [0.4, 0.5) is 5.69 Å². The summed E-state index contributed by atoms with van der Waals surface area (Å²) >= 11 is 0. The maximum absolute atomic E-state index is 12.6. The van der Waals surface area contributed by atoms with E-state index >= 15 is 0 Å². The van der Waals surface area contributed by atoms with Crippen molar-refractivity contribution in [2.45, 2.75) is 40.5 Å². The zero-order chi connectivity index (χ0) is 16.4. The van der Waals surface area contributed by atoms with Gasteiger partial charge in [-0.1, -0.05) is 29.3 Å². The second kappa shape index (κ2) is 6.34. The Labute approximate surface area is 131 Å². The predicted octanol–water partition coefficient (Wildman–Crippen LogP) is 2.35. The maximum atomic E-state index is 12.6. The monoisotopic (exact) mass is 300 g/mol. The number of benzene rings is 1. The number of carboxylic acid groups (broad SMARTS) is 1. The molecule has 1 aliphatic rings. The lowest BCUT2D eigenvalue weighted by Gasteiger charge is -2.33. The topological polar surface area (TPSA) is 69.2 Å². The Morgan fingerprint density at radius 3 is 2.00 bits per heavy atom. The Bertz CT molecular complexity index is 625. The molecule has 2 atom stereocenters. The van der Waals surface area contributed by atoms with Gasteiger partial charge in [0.2, 0.25) is 5.91 Å². The summed E-state index contributed by atoms with van der Waals surface area (Å²) in [6, 6.07) is 5.78. The van der Waals surface area contributed by atoms with Crippen LogP contribution in [0.1, 0.15) is 37.8 Å². The van der Waals surface area contributed by atoms with E-state index in [2.05, 4.69) is 5.32 Å². The number of carbonyl (C=O) groups is 2. The molecule has 0 unspecified atom stereocenters. The van der Waals surface area contributed by atoms with E-state index < -0.39 is 17.8 Å². The summed E-state index contributed by atoms with van der Waals surface area (Å²) in [6.45, 7) is 7.73. The minimum Gasteiger partial charge on any atom is -0.550 e. The molecule has 0 radical (unpaired) electrons. The number of amides is 1. The molecule has 22 heavy (non-hydrogen) atoms. The highest BCUT2D eigenvalue weighted by Gasteiger charge is 2.33. The summed E-state index contributed by atoms with van der Waals surface area (Å²) in [5.74, 6) is -2.72. The first kappa shape index (κ1) is 16.3. The van der Waals surface area contributed by atoms with Gasteiger partial charge in [0, 0.05) is 17.6 Å². The molecule has 1 aliphatic carbocycles. The second-order valence-electron chi connectivity index (χ2n) is 6.26. The Morgan fingerprint density at radius 2 is 1.50 bits per heavy atom. The van der Waals surface area contributed by atoms with Crippen molar-refractivity contribution in [3.05, 3.63) is 40.5 Å². The first-order chi connectivity index (χ1) is 10.3. The van der Waals surface area contributed by atoms with Gasteiger partial charge in [-0.3, -0.25) is 4.79 Å². The van der Waals surface area contributed by atoms with Gasteiger partial charge >= 0.3 is 0 Å². The second-order valence-corrected chi connectivity index (χ2v) is 6.26. The Kier molecular flexibility index (Phi) is 4.69. The fourth-order valence-corrected chi connectivity index (χ4v) is 3.04. The number of aliphatic carboxylic acids is 1. The van der Waals surface area contributed by atoms with E-state index in [0.717, 1.165) is 28.0 Å². The lowest BCUT2D eigenvalue weighted by molar-refractivity contribution is -0.313. The van der Waals surface area contributed by atoms with Crippen molar-refractivity contribution in [3.8, 4) is 0 Å². The van der Waals surface area contributed by atoms with Crippen LogP contribution in [-0.2, 0) is 9.59 Å². The van der Waals surface area contributed by atoms with Crippen LogP contribution < -0.4 is 10.4 Å². The van der Waals surface area contributed by atoms with Gasteiger partial charge in [0.15, 0.2) is 0 Å². The molecule has 0 saturated carbocycles. The summed E-state index contributed by atoms with van der Waals surface area (Å²) in [5, 5.41) is 14.3. The van der Waals surface area contributed by atoms with Gasteiger partial charge in [0.05, 0.1) is 5.92 Å². The van der Waals surface area contributed by atoms with Crippen LogP contribution in [0.3, 0.4) is 0 Å². The molecule has 4 nitrogen and oxygen atoms in total. The number of rotatable bonds is 3. The van der Waals surface area contributed by atoms with Crippen LogP contribution in [0.2, 0.25) is 0 Å². The van der Waals surface area contributed by atoms with Crippen molar-refractivity contribution in [1.29, 1.82) is 0 Å². The molecule has 0 aliphatic heterocycles. The van der Waals surface area contributed by atoms with Crippen LogP contribution in [0.15, 0.2) is 29.3 Å². The van der Waals surface area contributed by atoms with Crippen molar-refractivity contribution in [2.24, 2.45) is 11.8 Å². The van der Waals surface area contributed by atoms with Crippen molar-refractivity contribution in [1.82, 2.24) is 0 Å². The average molecular weight is 300 g/mol. The molecule has 1 aromatic rings. The number of aryl methyl sites for hydroxylation is 2. The third kappa shape index (κ3) is 3.21. The lowest BCUT2D eigenvalue weighted by Crippen LogP contribution is -2.42. The van der Waals surface area contributed by atoms with E-state index in [-0.39, 0.29) is 5.91 Å². The van der Waals surface area contributed by atoms with E-state index in [1.165, 1.54) is 0 Å². The molecule has 0 fully saturated rings. The molecule has 0 bridgehead atoms. The predicted molar refractivity (Wildman–Crippen MR) is 84.1 cm³/mol.